The number of rotatable bonds is 4. The van der Waals surface area contributed by atoms with Crippen LogP contribution >= 0.6 is 11.3 Å². The van der Waals surface area contributed by atoms with Gasteiger partial charge in [0.1, 0.15) is 6.07 Å². The Morgan fingerprint density at radius 2 is 2.25 bits per heavy atom. The van der Waals surface area contributed by atoms with Crippen molar-refractivity contribution in [3.8, 4) is 6.07 Å². The Bertz CT molecular complexity index is 666. The molecule has 20 heavy (non-hydrogen) atoms. The van der Waals surface area contributed by atoms with Gasteiger partial charge in [-0.2, -0.15) is 10.4 Å². The fourth-order valence-electron chi connectivity index (χ4n) is 1.68. The van der Waals surface area contributed by atoms with Gasteiger partial charge in [0.05, 0.1) is 23.2 Å². The quantitative estimate of drug-likeness (QED) is 0.693. The maximum absolute atomic E-state index is 9.15. The topological polar surface area (TPSA) is 64.3 Å². The molecule has 1 N–H and O–H groups in total. The Kier molecular flexibility index (Phi) is 4.33. The Morgan fingerprint density at radius 1 is 1.45 bits per heavy atom. The second-order valence-corrected chi connectivity index (χ2v) is 5.30. The molecule has 2 aromatic rings. The predicted molar refractivity (Wildman–Crippen MR) is 83.6 cm³/mol. The van der Waals surface area contributed by atoms with Crippen molar-refractivity contribution in [3.63, 3.8) is 0 Å². The van der Waals surface area contributed by atoms with Crippen molar-refractivity contribution < 1.29 is 0 Å². The van der Waals surface area contributed by atoms with Crippen molar-refractivity contribution in [2.45, 2.75) is 6.92 Å². The van der Waals surface area contributed by atoms with Crippen LogP contribution in [0.4, 0.5) is 10.8 Å². The molecule has 0 atom stereocenters. The first-order valence-corrected chi connectivity index (χ1v) is 6.91. The first kappa shape index (κ1) is 14.0. The summed E-state index contributed by atoms with van der Waals surface area (Å²) >= 11 is 1.50. The van der Waals surface area contributed by atoms with Crippen LogP contribution in [-0.2, 0) is 0 Å². The Balaban J connectivity index is 2.12. The van der Waals surface area contributed by atoms with E-state index in [-0.39, 0.29) is 0 Å². The molecule has 0 aliphatic carbocycles. The highest BCUT2D eigenvalue weighted by Gasteiger charge is 2.04. The molecule has 0 radical (unpaired) electrons. The minimum Gasteiger partial charge on any atom is -0.377 e. The third kappa shape index (κ3) is 3.33. The third-order valence-electron chi connectivity index (χ3n) is 2.62. The summed E-state index contributed by atoms with van der Waals surface area (Å²) in [6.45, 7) is 1.94. The average molecular weight is 285 g/mol. The summed E-state index contributed by atoms with van der Waals surface area (Å²) in [5.74, 6) is 0. The molecule has 0 unspecified atom stereocenters. The van der Waals surface area contributed by atoms with Crippen LogP contribution in [0.3, 0.4) is 0 Å². The number of aryl methyl sites for hydroxylation is 1. The van der Waals surface area contributed by atoms with Crippen LogP contribution in [-0.4, -0.2) is 25.3 Å². The van der Waals surface area contributed by atoms with Crippen LogP contribution in [0.25, 0.3) is 0 Å². The van der Waals surface area contributed by atoms with Crippen LogP contribution in [0.15, 0.2) is 28.7 Å². The summed E-state index contributed by atoms with van der Waals surface area (Å²) < 4.78 is 0. The standard InChI is InChI=1S/C14H15N5S/c1-10-9-20-14(17-10)18-16-8-11-4-5-13(19(2)3)12(6-11)7-15/h4-6,8-9H,1-3H3,(H,17,18). The van der Waals surface area contributed by atoms with E-state index in [0.717, 1.165) is 22.1 Å². The van der Waals surface area contributed by atoms with E-state index in [1.54, 1.807) is 6.21 Å². The monoisotopic (exact) mass is 285 g/mol. The highest BCUT2D eigenvalue weighted by Crippen LogP contribution is 2.18. The van der Waals surface area contributed by atoms with Crippen LogP contribution in [0, 0.1) is 18.3 Å². The average Bonchev–Trinajstić information content (AvgIpc) is 2.84. The number of thiazole rings is 1. The molecule has 6 heteroatoms. The van der Waals surface area contributed by atoms with Gasteiger partial charge in [0.25, 0.3) is 0 Å². The van der Waals surface area contributed by atoms with E-state index < -0.39 is 0 Å². The number of hydrogen-bond donors (Lipinski definition) is 1. The fourth-order valence-corrected chi connectivity index (χ4v) is 2.32. The van der Waals surface area contributed by atoms with Gasteiger partial charge in [-0.25, -0.2) is 4.98 Å². The lowest BCUT2D eigenvalue weighted by Crippen LogP contribution is -2.10. The molecule has 1 aromatic carbocycles. The van der Waals surface area contributed by atoms with Gasteiger partial charge in [-0.15, -0.1) is 11.3 Å². The SMILES string of the molecule is Cc1csc(NN=Cc2ccc(N(C)C)c(C#N)c2)n1. The largest absolute Gasteiger partial charge is 0.377 e. The molecule has 1 heterocycles. The molecule has 0 aliphatic heterocycles. The summed E-state index contributed by atoms with van der Waals surface area (Å²) in [6, 6.07) is 7.84. The van der Waals surface area contributed by atoms with E-state index in [1.165, 1.54) is 11.3 Å². The van der Waals surface area contributed by atoms with Gasteiger partial charge in [0, 0.05) is 19.5 Å². The first-order valence-electron chi connectivity index (χ1n) is 6.03. The summed E-state index contributed by atoms with van der Waals surface area (Å²) in [4.78, 5) is 6.16. The lowest BCUT2D eigenvalue weighted by Gasteiger charge is -2.14. The molecular weight excluding hydrogens is 270 g/mol. The molecule has 0 bridgehead atoms. The predicted octanol–water partition coefficient (Wildman–Crippen LogP) is 2.84. The molecule has 0 amide bonds. The lowest BCUT2D eigenvalue weighted by molar-refractivity contribution is 1.12. The zero-order valence-electron chi connectivity index (χ0n) is 11.6. The van der Waals surface area contributed by atoms with Gasteiger partial charge in [0.2, 0.25) is 5.13 Å². The molecule has 2 rings (SSSR count). The Hall–Kier alpha value is -2.39. The smallest absolute Gasteiger partial charge is 0.203 e. The summed E-state index contributed by atoms with van der Waals surface area (Å²) in [5.41, 5.74) is 6.23. The van der Waals surface area contributed by atoms with Gasteiger partial charge >= 0.3 is 0 Å². The Morgan fingerprint density at radius 3 is 2.85 bits per heavy atom. The highest BCUT2D eigenvalue weighted by atomic mass is 32.1. The van der Waals surface area contributed by atoms with Crippen molar-refractivity contribution in [1.82, 2.24) is 4.98 Å². The van der Waals surface area contributed by atoms with E-state index in [0.29, 0.717) is 5.56 Å². The molecule has 0 saturated heterocycles. The van der Waals surface area contributed by atoms with Crippen LogP contribution in [0.2, 0.25) is 0 Å². The molecule has 0 fully saturated rings. The highest BCUT2D eigenvalue weighted by molar-refractivity contribution is 7.13. The van der Waals surface area contributed by atoms with Crippen molar-refractivity contribution in [2.75, 3.05) is 24.4 Å². The van der Waals surface area contributed by atoms with E-state index in [4.69, 9.17) is 5.26 Å². The number of anilines is 2. The molecular formula is C14H15N5S. The van der Waals surface area contributed by atoms with E-state index >= 15 is 0 Å². The molecule has 5 nitrogen and oxygen atoms in total. The molecule has 1 aromatic heterocycles. The number of hydrazone groups is 1. The number of nitrogens with zero attached hydrogens (tertiary/aromatic N) is 4. The van der Waals surface area contributed by atoms with E-state index in [9.17, 15) is 0 Å². The van der Waals surface area contributed by atoms with Crippen LogP contribution in [0.5, 0.6) is 0 Å². The van der Waals surface area contributed by atoms with E-state index in [1.807, 2.05) is 49.5 Å². The minimum atomic E-state index is 0.629. The second-order valence-electron chi connectivity index (χ2n) is 4.45. The molecule has 0 aliphatic rings. The fraction of sp³-hybridized carbons (Fsp3) is 0.214. The summed E-state index contributed by atoms with van der Waals surface area (Å²) in [7, 11) is 3.83. The summed E-state index contributed by atoms with van der Waals surface area (Å²) in [5, 5.41) is 16.0. The number of hydrogen-bond acceptors (Lipinski definition) is 6. The lowest BCUT2D eigenvalue weighted by atomic mass is 10.1. The van der Waals surface area contributed by atoms with Gasteiger partial charge in [-0.05, 0) is 24.6 Å². The number of nitrogens with one attached hydrogen (secondary N) is 1. The zero-order valence-corrected chi connectivity index (χ0v) is 12.4. The molecule has 0 saturated carbocycles. The number of benzene rings is 1. The van der Waals surface area contributed by atoms with Crippen LogP contribution < -0.4 is 10.3 Å². The first-order chi connectivity index (χ1) is 9.60. The maximum atomic E-state index is 9.15. The van der Waals surface area contributed by atoms with Crippen LogP contribution in [0.1, 0.15) is 16.8 Å². The van der Waals surface area contributed by atoms with Gasteiger partial charge in [-0.1, -0.05) is 6.07 Å². The van der Waals surface area contributed by atoms with Crippen molar-refractivity contribution in [3.05, 3.63) is 40.4 Å². The zero-order chi connectivity index (χ0) is 14.5. The summed E-state index contributed by atoms with van der Waals surface area (Å²) in [6.07, 6.45) is 1.68. The van der Waals surface area contributed by atoms with Gasteiger partial charge in [0.15, 0.2) is 0 Å². The number of nitriles is 1. The third-order valence-corrected chi connectivity index (χ3v) is 3.48. The van der Waals surface area contributed by atoms with Crippen molar-refractivity contribution in [1.29, 1.82) is 5.26 Å². The van der Waals surface area contributed by atoms with Crippen molar-refractivity contribution in [2.24, 2.45) is 5.10 Å². The normalized spacial score (nSPS) is 10.5. The van der Waals surface area contributed by atoms with Gasteiger partial charge in [-0.3, -0.25) is 5.43 Å². The van der Waals surface area contributed by atoms with Crippen molar-refractivity contribution >= 4 is 28.4 Å². The second kappa shape index (κ2) is 6.17. The minimum absolute atomic E-state index is 0.629. The molecule has 102 valence electrons. The van der Waals surface area contributed by atoms with E-state index in [2.05, 4.69) is 21.6 Å². The number of aromatic nitrogens is 1. The Labute approximate surface area is 122 Å². The maximum Gasteiger partial charge on any atom is 0.203 e. The molecule has 0 spiro atoms. The van der Waals surface area contributed by atoms with Gasteiger partial charge < -0.3 is 4.90 Å².